The van der Waals surface area contributed by atoms with Crippen molar-refractivity contribution in [3.63, 3.8) is 0 Å². The molecule has 1 atom stereocenters. The number of fused-ring (bicyclic) bond motifs is 3. The van der Waals surface area contributed by atoms with Crippen molar-refractivity contribution in [2.45, 2.75) is 58.9 Å². The highest BCUT2D eigenvalue weighted by atomic mass is 16.5. The molecule has 0 saturated heterocycles. The minimum absolute atomic E-state index is 0.0722. The lowest BCUT2D eigenvalue weighted by molar-refractivity contribution is -0.139. The predicted molar refractivity (Wildman–Crippen MR) is 135 cm³/mol. The van der Waals surface area contributed by atoms with Crippen LogP contribution >= 0.6 is 0 Å². The average Bonchev–Trinajstić information content (AvgIpc) is 3.12. The van der Waals surface area contributed by atoms with Gasteiger partial charge in [0.2, 0.25) is 5.91 Å². The van der Waals surface area contributed by atoms with E-state index < -0.39 is 18.1 Å². The zero-order valence-corrected chi connectivity index (χ0v) is 21.0. The van der Waals surface area contributed by atoms with Gasteiger partial charge in [-0.2, -0.15) is 0 Å². The fourth-order valence-electron chi connectivity index (χ4n) is 4.65. The van der Waals surface area contributed by atoms with Crippen molar-refractivity contribution in [2.75, 3.05) is 19.7 Å². The van der Waals surface area contributed by atoms with Gasteiger partial charge in [-0.1, -0.05) is 76.2 Å². The van der Waals surface area contributed by atoms with Crippen molar-refractivity contribution in [2.24, 2.45) is 5.41 Å². The number of aliphatic carboxylic acids is 1. The van der Waals surface area contributed by atoms with Gasteiger partial charge >= 0.3 is 12.1 Å². The zero-order chi connectivity index (χ0) is 25.6. The lowest BCUT2D eigenvalue weighted by atomic mass is 9.87. The molecule has 0 aromatic heterocycles. The molecule has 0 bridgehead atoms. The van der Waals surface area contributed by atoms with Gasteiger partial charge in [0, 0.05) is 19.0 Å². The Hall–Kier alpha value is -3.35. The summed E-state index contributed by atoms with van der Waals surface area (Å²) in [6, 6.07) is 15.4. The summed E-state index contributed by atoms with van der Waals surface area (Å²) in [4.78, 5) is 38.8. The monoisotopic (exact) mass is 480 g/mol. The number of carbonyl (C=O) groups is 3. The van der Waals surface area contributed by atoms with Gasteiger partial charge in [-0.3, -0.25) is 9.59 Å². The summed E-state index contributed by atoms with van der Waals surface area (Å²) in [6.45, 7) is 8.61. The van der Waals surface area contributed by atoms with Crippen molar-refractivity contribution in [1.29, 1.82) is 0 Å². The first-order valence-corrected chi connectivity index (χ1v) is 12.2. The number of benzene rings is 2. The number of carbonyl (C=O) groups excluding carboxylic acids is 2. The molecule has 3 rings (SSSR count). The van der Waals surface area contributed by atoms with Gasteiger partial charge in [-0.15, -0.1) is 0 Å². The zero-order valence-electron chi connectivity index (χ0n) is 21.0. The molecule has 2 aromatic rings. The third kappa shape index (κ3) is 6.84. The smallest absolute Gasteiger partial charge is 0.407 e. The van der Waals surface area contributed by atoms with E-state index in [9.17, 15) is 14.4 Å². The maximum absolute atomic E-state index is 13.3. The van der Waals surface area contributed by atoms with Crippen LogP contribution in [0.4, 0.5) is 4.79 Å². The van der Waals surface area contributed by atoms with Crippen molar-refractivity contribution in [3.05, 3.63) is 59.7 Å². The highest BCUT2D eigenvalue weighted by Gasteiger charge is 2.32. The number of rotatable bonds is 10. The number of hydrogen-bond donors (Lipinski definition) is 2. The first kappa shape index (κ1) is 26.3. The van der Waals surface area contributed by atoms with Gasteiger partial charge in [0.1, 0.15) is 12.6 Å². The van der Waals surface area contributed by atoms with Gasteiger partial charge in [0.25, 0.3) is 0 Å². The predicted octanol–water partition coefficient (Wildman–Crippen LogP) is 5.04. The fraction of sp³-hybridized carbons (Fsp3) is 0.464. The fourth-order valence-corrected chi connectivity index (χ4v) is 4.65. The molecule has 0 aliphatic heterocycles. The minimum Gasteiger partial charge on any atom is -0.481 e. The SMILES string of the molecule is CCCN(CCC(=O)O)C(=O)C(CC(C)(C)C)NC(=O)OCC1c2ccccc2-c2ccccc21. The Morgan fingerprint density at radius 3 is 2.09 bits per heavy atom. The summed E-state index contributed by atoms with van der Waals surface area (Å²) < 4.78 is 5.66. The molecular weight excluding hydrogens is 444 g/mol. The van der Waals surface area contributed by atoms with E-state index in [0.29, 0.717) is 19.4 Å². The number of amides is 2. The van der Waals surface area contributed by atoms with Crippen LogP contribution in [0.2, 0.25) is 0 Å². The van der Waals surface area contributed by atoms with Crippen LogP contribution in [-0.4, -0.2) is 53.7 Å². The number of nitrogens with one attached hydrogen (secondary N) is 1. The van der Waals surface area contributed by atoms with Gasteiger partial charge in [-0.25, -0.2) is 4.79 Å². The summed E-state index contributed by atoms with van der Waals surface area (Å²) in [5.41, 5.74) is 4.29. The van der Waals surface area contributed by atoms with Gasteiger partial charge in [-0.05, 0) is 40.5 Å². The van der Waals surface area contributed by atoms with Crippen LogP contribution in [-0.2, 0) is 14.3 Å². The topological polar surface area (TPSA) is 95.9 Å². The summed E-state index contributed by atoms with van der Waals surface area (Å²) >= 11 is 0. The molecule has 35 heavy (non-hydrogen) atoms. The third-order valence-corrected chi connectivity index (χ3v) is 6.15. The largest absolute Gasteiger partial charge is 0.481 e. The van der Waals surface area contributed by atoms with Gasteiger partial charge in [0.15, 0.2) is 0 Å². The molecule has 0 radical (unpaired) electrons. The van der Waals surface area contributed by atoms with Crippen LogP contribution in [0.5, 0.6) is 0 Å². The van der Waals surface area contributed by atoms with Crippen molar-refractivity contribution < 1.29 is 24.2 Å². The van der Waals surface area contributed by atoms with E-state index in [1.807, 2.05) is 52.0 Å². The molecule has 188 valence electrons. The number of hydrogen-bond acceptors (Lipinski definition) is 4. The van der Waals surface area contributed by atoms with E-state index in [4.69, 9.17) is 9.84 Å². The molecular formula is C28H36N2O5. The molecule has 0 fully saturated rings. The Labute approximate surface area is 207 Å². The third-order valence-electron chi connectivity index (χ3n) is 6.15. The molecule has 0 heterocycles. The van der Waals surface area contributed by atoms with Crippen molar-refractivity contribution in [3.8, 4) is 11.1 Å². The van der Waals surface area contributed by atoms with E-state index in [2.05, 4.69) is 29.6 Å². The molecule has 2 amide bonds. The van der Waals surface area contributed by atoms with Crippen LogP contribution in [0.15, 0.2) is 48.5 Å². The van der Waals surface area contributed by atoms with E-state index in [-0.39, 0.29) is 36.8 Å². The Morgan fingerprint density at radius 2 is 1.57 bits per heavy atom. The summed E-state index contributed by atoms with van der Waals surface area (Å²) in [7, 11) is 0. The molecule has 0 saturated carbocycles. The van der Waals surface area contributed by atoms with Gasteiger partial charge < -0.3 is 20.1 Å². The maximum Gasteiger partial charge on any atom is 0.407 e. The van der Waals surface area contributed by atoms with Crippen LogP contribution in [0.1, 0.15) is 64.0 Å². The van der Waals surface area contributed by atoms with E-state index in [0.717, 1.165) is 22.3 Å². The molecule has 0 spiro atoms. The number of alkyl carbamates (subject to hydrolysis) is 1. The van der Waals surface area contributed by atoms with Crippen LogP contribution in [0, 0.1) is 5.41 Å². The van der Waals surface area contributed by atoms with Crippen LogP contribution in [0.3, 0.4) is 0 Å². The average molecular weight is 481 g/mol. The first-order valence-electron chi connectivity index (χ1n) is 12.2. The molecule has 7 nitrogen and oxygen atoms in total. The Bertz CT molecular complexity index is 1010. The number of nitrogens with zero attached hydrogens (tertiary/aromatic N) is 1. The van der Waals surface area contributed by atoms with Crippen LogP contribution < -0.4 is 5.32 Å². The van der Waals surface area contributed by atoms with Gasteiger partial charge in [0.05, 0.1) is 6.42 Å². The highest BCUT2D eigenvalue weighted by molar-refractivity contribution is 5.86. The molecule has 2 N–H and O–H groups in total. The number of carboxylic acids is 1. The molecule has 7 heteroatoms. The Morgan fingerprint density at radius 1 is 1.00 bits per heavy atom. The molecule has 1 aliphatic rings. The quantitative estimate of drug-likeness (QED) is 0.496. The second-order valence-electron chi connectivity index (χ2n) is 10.3. The highest BCUT2D eigenvalue weighted by Crippen LogP contribution is 2.44. The Kier molecular flexibility index (Phi) is 8.54. The van der Waals surface area contributed by atoms with E-state index >= 15 is 0 Å². The number of carboxylic acid groups (broad SMARTS) is 1. The number of ether oxygens (including phenoxy) is 1. The van der Waals surface area contributed by atoms with E-state index in [1.165, 1.54) is 4.90 Å². The normalized spacial score (nSPS) is 13.5. The lowest BCUT2D eigenvalue weighted by Crippen LogP contribution is -2.51. The van der Waals surface area contributed by atoms with Crippen LogP contribution in [0.25, 0.3) is 11.1 Å². The maximum atomic E-state index is 13.3. The van der Waals surface area contributed by atoms with Crippen molar-refractivity contribution in [1.82, 2.24) is 10.2 Å². The second kappa shape index (κ2) is 11.4. The lowest BCUT2D eigenvalue weighted by Gasteiger charge is -2.31. The second-order valence-corrected chi connectivity index (χ2v) is 10.3. The minimum atomic E-state index is -0.962. The molecule has 1 aliphatic carbocycles. The van der Waals surface area contributed by atoms with E-state index in [1.54, 1.807) is 0 Å². The first-order chi connectivity index (χ1) is 16.6. The van der Waals surface area contributed by atoms with Crippen molar-refractivity contribution >= 4 is 18.0 Å². The molecule has 1 unspecified atom stereocenters. The summed E-state index contributed by atoms with van der Waals surface area (Å²) in [6.07, 6.45) is 0.310. The summed E-state index contributed by atoms with van der Waals surface area (Å²) in [5, 5.41) is 11.8. The Balaban J connectivity index is 1.71. The molecule has 2 aromatic carbocycles. The standard InChI is InChI=1S/C28H36N2O5/c1-5-15-30(16-14-25(31)32)26(33)24(17-28(2,3)4)29-27(34)35-18-23-21-12-8-6-10-19(21)20-11-7-9-13-22(20)23/h6-13,23-24H,5,14-18H2,1-4H3,(H,29,34)(H,31,32). The summed E-state index contributed by atoms with van der Waals surface area (Å²) in [5.74, 6) is -1.32.